The molecule has 1 amide bonds. The number of fused-ring (bicyclic) bond motifs is 1. The van der Waals surface area contributed by atoms with Crippen LogP contribution < -0.4 is 10.7 Å². The monoisotopic (exact) mass is 490 g/mol. The molecule has 0 aliphatic carbocycles. The van der Waals surface area contributed by atoms with Gasteiger partial charge in [0.2, 0.25) is 15.5 Å². The van der Waals surface area contributed by atoms with E-state index in [9.17, 15) is 18.0 Å². The van der Waals surface area contributed by atoms with Gasteiger partial charge in [-0.25, -0.2) is 8.42 Å². The molecule has 10 heteroatoms. The highest BCUT2D eigenvalue weighted by molar-refractivity contribution is 7.89. The lowest BCUT2D eigenvalue weighted by molar-refractivity contribution is 0.0730. The predicted molar refractivity (Wildman–Crippen MR) is 131 cm³/mol. The van der Waals surface area contributed by atoms with Crippen molar-refractivity contribution in [1.29, 1.82) is 0 Å². The van der Waals surface area contributed by atoms with Crippen LogP contribution in [0.15, 0.2) is 34.1 Å². The van der Waals surface area contributed by atoms with Crippen molar-refractivity contribution in [3.63, 3.8) is 0 Å². The smallest absolute Gasteiger partial charge is 0.256 e. The SMILES string of the molecule is Cn1cc(C(=O)NCCCN2CCCCCC2)c(=O)c2cc(S(=O)(=O)N3CCOCC3)ccc21. The van der Waals surface area contributed by atoms with Crippen LogP contribution in [0.1, 0.15) is 42.5 Å². The zero-order valence-electron chi connectivity index (χ0n) is 19.8. The van der Waals surface area contributed by atoms with E-state index in [1.54, 1.807) is 17.7 Å². The third-order valence-corrected chi connectivity index (χ3v) is 8.54. The van der Waals surface area contributed by atoms with E-state index in [0.717, 1.165) is 26.1 Å². The molecule has 2 aliphatic heterocycles. The molecule has 4 rings (SSSR count). The summed E-state index contributed by atoms with van der Waals surface area (Å²) in [5, 5.41) is 3.08. The van der Waals surface area contributed by atoms with Crippen molar-refractivity contribution in [2.45, 2.75) is 37.0 Å². The predicted octanol–water partition coefficient (Wildman–Crippen LogP) is 1.56. The standard InChI is InChI=1S/C24H34N4O5S/c1-26-18-21(24(30)25-9-6-12-27-10-4-2-3-5-11-27)23(29)20-17-19(7-8-22(20)26)34(31,32)28-13-15-33-16-14-28/h7-8,17-18H,2-6,9-16H2,1H3,(H,25,30). The molecule has 186 valence electrons. The van der Waals surface area contributed by atoms with Crippen molar-refractivity contribution in [3.05, 3.63) is 40.2 Å². The van der Waals surface area contributed by atoms with Gasteiger partial charge in [0.15, 0.2) is 0 Å². The Kier molecular flexibility index (Phi) is 8.02. The summed E-state index contributed by atoms with van der Waals surface area (Å²) >= 11 is 0. The summed E-state index contributed by atoms with van der Waals surface area (Å²) in [4.78, 5) is 28.5. The molecule has 2 fully saturated rings. The Balaban J connectivity index is 1.49. The number of nitrogens with zero attached hydrogens (tertiary/aromatic N) is 3. The Morgan fingerprint density at radius 3 is 2.47 bits per heavy atom. The number of carbonyl (C=O) groups is 1. The fraction of sp³-hybridized carbons (Fsp3) is 0.583. The van der Waals surface area contributed by atoms with E-state index >= 15 is 0 Å². The summed E-state index contributed by atoms with van der Waals surface area (Å²) in [5.41, 5.74) is 0.131. The summed E-state index contributed by atoms with van der Waals surface area (Å²) in [6.07, 6.45) is 7.36. The van der Waals surface area contributed by atoms with Crippen LogP contribution in [0.4, 0.5) is 0 Å². The first-order chi connectivity index (χ1) is 16.4. The fourth-order valence-corrected chi connectivity index (χ4v) is 6.12. The lowest BCUT2D eigenvalue weighted by Crippen LogP contribution is -2.40. The lowest BCUT2D eigenvalue weighted by atomic mass is 10.1. The normalized spacial score (nSPS) is 18.6. The Labute approximate surface area is 200 Å². The average molecular weight is 491 g/mol. The number of pyridine rings is 1. The number of ether oxygens (including phenoxy) is 1. The van der Waals surface area contributed by atoms with Gasteiger partial charge >= 0.3 is 0 Å². The number of likely N-dealkylation sites (tertiary alicyclic amines) is 1. The number of carbonyl (C=O) groups excluding carboxylic acids is 1. The number of hydrogen-bond donors (Lipinski definition) is 1. The van der Waals surface area contributed by atoms with Crippen LogP contribution in [0, 0.1) is 0 Å². The Hall–Kier alpha value is -2.27. The Morgan fingerprint density at radius 1 is 1.06 bits per heavy atom. The average Bonchev–Trinajstić information content (AvgIpc) is 3.13. The van der Waals surface area contributed by atoms with Gasteiger partial charge in [-0.3, -0.25) is 9.59 Å². The number of morpholine rings is 1. The maximum Gasteiger partial charge on any atom is 0.256 e. The first kappa shape index (κ1) is 24.8. The number of nitrogens with one attached hydrogen (secondary N) is 1. The Bertz CT molecular complexity index is 1180. The van der Waals surface area contributed by atoms with E-state index in [0.29, 0.717) is 25.3 Å². The number of benzene rings is 1. The first-order valence-corrected chi connectivity index (χ1v) is 13.5. The molecule has 9 nitrogen and oxygen atoms in total. The number of aromatic nitrogens is 1. The fourth-order valence-electron chi connectivity index (χ4n) is 4.69. The van der Waals surface area contributed by atoms with E-state index in [1.807, 2.05) is 0 Å². The van der Waals surface area contributed by atoms with E-state index in [1.165, 1.54) is 48.3 Å². The molecular formula is C24H34N4O5S. The van der Waals surface area contributed by atoms with Gasteiger partial charge in [0.25, 0.3) is 5.91 Å². The van der Waals surface area contributed by atoms with E-state index < -0.39 is 21.4 Å². The molecule has 0 saturated carbocycles. The van der Waals surface area contributed by atoms with Gasteiger partial charge in [-0.15, -0.1) is 0 Å². The van der Waals surface area contributed by atoms with Crippen LogP contribution in [-0.2, 0) is 21.8 Å². The van der Waals surface area contributed by atoms with Crippen LogP contribution >= 0.6 is 0 Å². The van der Waals surface area contributed by atoms with E-state index in [-0.39, 0.29) is 28.9 Å². The molecule has 2 aromatic rings. The summed E-state index contributed by atoms with van der Waals surface area (Å²) in [6, 6.07) is 4.51. The van der Waals surface area contributed by atoms with Gasteiger partial charge in [0.05, 0.1) is 23.6 Å². The molecule has 34 heavy (non-hydrogen) atoms. The molecule has 1 aromatic heterocycles. The zero-order chi connectivity index (χ0) is 24.1. The third kappa shape index (κ3) is 5.51. The molecule has 0 unspecified atom stereocenters. The second-order valence-corrected chi connectivity index (χ2v) is 11.0. The molecule has 0 atom stereocenters. The molecule has 0 spiro atoms. The molecule has 2 saturated heterocycles. The maximum absolute atomic E-state index is 13.2. The van der Waals surface area contributed by atoms with Crippen LogP contribution in [0.2, 0.25) is 0 Å². The first-order valence-electron chi connectivity index (χ1n) is 12.1. The number of hydrogen-bond acceptors (Lipinski definition) is 6. The Morgan fingerprint density at radius 2 is 1.76 bits per heavy atom. The van der Waals surface area contributed by atoms with Crippen molar-refractivity contribution in [2.24, 2.45) is 7.05 Å². The van der Waals surface area contributed by atoms with Gasteiger partial charge in [-0.1, -0.05) is 12.8 Å². The van der Waals surface area contributed by atoms with Gasteiger partial charge in [-0.05, 0) is 57.1 Å². The number of sulfonamides is 1. The molecule has 3 heterocycles. The highest BCUT2D eigenvalue weighted by Gasteiger charge is 2.27. The summed E-state index contributed by atoms with van der Waals surface area (Å²) in [5.74, 6) is -0.431. The summed E-state index contributed by atoms with van der Waals surface area (Å²) < 4.78 is 34.4. The van der Waals surface area contributed by atoms with Crippen LogP contribution in [0.3, 0.4) is 0 Å². The van der Waals surface area contributed by atoms with Crippen molar-refractivity contribution < 1.29 is 17.9 Å². The van der Waals surface area contributed by atoms with Crippen LogP contribution in [-0.4, -0.2) is 80.6 Å². The number of rotatable bonds is 7. The largest absolute Gasteiger partial charge is 0.379 e. The highest BCUT2D eigenvalue weighted by atomic mass is 32.2. The molecule has 0 radical (unpaired) electrons. The van der Waals surface area contributed by atoms with Crippen LogP contribution in [0.5, 0.6) is 0 Å². The minimum Gasteiger partial charge on any atom is -0.379 e. The van der Waals surface area contributed by atoms with Gasteiger partial charge < -0.3 is 19.5 Å². The molecule has 1 N–H and O–H groups in total. The van der Waals surface area contributed by atoms with Crippen molar-refractivity contribution in [2.75, 3.05) is 52.5 Å². The highest BCUT2D eigenvalue weighted by Crippen LogP contribution is 2.21. The van der Waals surface area contributed by atoms with Crippen LogP contribution in [0.25, 0.3) is 10.9 Å². The molecule has 1 aromatic carbocycles. The van der Waals surface area contributed by atoms with Crippen molar-refractivity contribution in [1.82, 2.24) is 19.1 Å². The van der Waals surface area contributed by atoms with E-state index in [4.69, 9.17) is 4.74 Å². The second kappa shape index (κ2) is 11.0. The van der Waals surface area contributed by atoms with E-state index in [2.05, 4.69) is 10.2 Å². The maximum atomic E-state index is 13.2. The van der Waals surface area contributed by atoms with Gasteiger partial charge in [-0.2, -0.15) is 4.31 Å². The minimum atomic E-state index is -3.75. The zero-order valence-corrected chi connectivity index (χ0v) is 20.6. The summed E-state index contributed by atoms with van der Waals surface area (Å²) in [7, 11) is -2.00. The summed E-state index contributed by atoms with van der Waals surface area (Å²) in [6.45, 7) is 4.87. The second-order valence-electron chi connectivity index (χ2n) is 9.04. The van der Waals surface area contributed by atoms with Crippen molar-refractivity contribution >= 4 is 26.8 Å². The molecule has 2 aliphatic rings. The number of amides is 1. The van der Waals surface area contributed by atoms with Crippen molar-refractivity contribution in [3.8, 4) is 0 Å². The quantitative estimate of drug-likeness (QED) is 0.591. The van der Waals surface area contributed by atoms with Gasteiger partial charge in [0, 0.05) is 38.3 Å². The van der Waals surface area contributed by atoms with Gasteiger partial charge in [0.1, 0.15) is 5.56 Å². The lowest BCUT2D eigenvalue weighted by Gasteiger charge is -2.26. The minimum absolute atomic E-state index is 0.0192. The molecular weight excluding hydrogens is 456 g/mol. The topological polar surface area (TPSA) is 101 Å². The third-order valence-electron chi connectivity index (χ3n) is 6.65. The molecule has 0 bridgehead atoms. The number of aryl methyl sites for hydroxylation is 1.